The molecule has 3 heteroatoms. The van der Waals surface area contributed by atoms with Crippen LogP contribution in [0, 0.1) is 11.8 Å². The molecule has 16 heavy (non-hydrogen) atoms. The molecule has 5 unspecified atom stereocenters. The average Bonchev–Trinajstić information content (AvgIpc) is 2.46. The number of rotatable bonds is 1. The van der Waals surface area contributed by atoms with Crippen molar-refractivity contribution in [3.8, 4) is 0 Å². The van der Waals surface area contributed by atoms with Crippen molar-refractivity contribution >= 4 is 0 Å². The Morgan fingerprint density at radius 3 is 2.81 bits per heavy atom. The van der Waals surface area contributed by atoms with Gasteiger partial charge in [0.05, 0.1) is 6.04 Å². The van der Waals surface area contributed by atoms with Crippen molar-refractivity contribution in [1.29, 1.82) is 0 Å². The summed E-state index contributed by atoms with van der Waals surface area (Å²) in [6.07, 6.45) is 5.91. The molecular weight excluding hydrogens is 198 g/mol. The van der Waals surface area contributed by atoms with Crippen molar-refractivity contribution in [2.24, 2.45) is 17.6 Å². The van der Waals surface area contributed by atoms with Crippen molar-refractivity contribution in [2.45, 2.75) is 57.8 Å². The zero-order valence-electron chi connectivity index (χ0n) is 11.0. The second-order valence-corrected chi connectivity index (χ2v) is 5.83. The van der Waals surface area contributed by atoms with Gasteiger partial charge in [-0.3, -0.25) is 4.90 Å². The molecule has 2 saturated heterocycles. The van der Waals surface area contributed by atoms with Gasteiger partial charge in [0.1, 0.15) is 6.17 Å². The first-order valence-electron chi connectivity index (χ1n) is 6.96. The molecule has 3 nitrogen and oxygen atoms in total. The third-order valence-electron chi connectivity index (χ3n) is 4.94. The predicted molar refractivity (Wildman–Crippen MR) is 66.9 cm³/mol. The molecule has 0 bridgehead atoms. The molecular formula is C13H28N3+. The van der Waals surface area contributed by atoms with Crippen LogP contribution in [0.5, 0.6) is 0 Å². The van der Waals surface area contributed by atoms with Gasteiger partial charge < -0.3 is 11.1 Å². The number of nitrogens with two attached hydrogens (primary N) is 2. The van der Waals surface area contributed by atoms with Crippen LogP contribution in [0.15, 0.2) is 0 Å². The minimum Gasteiger partial charge on any atom is -0.328 e. The molecule has 0 aromatic carbocycles. The number of likely N-dealkylation sites (tertiary alicyclic amines) is 1. The molecule has 0 spiro atoms. The van der Waals surface area contributed by atoms with Crippen molar-refractivity contribution in [1.82, 2.24) is 4.90 Å². The SMILES string of the molecule is CCC1[NH2+]C2C(CCCCN2C)C(N)C1C. The second kappa shape index (κ2) is 5.03. The van der Waals surface area contributed by atoms with Crippen LogP contribution in [0.2, 0.25) is 0 Å². The normalized spacial score (nSPS) is 46.1. The maximum absolute atomic E-state index is 6.48. The van der Waals surface area contributed by atoms with E-state index in [1.54, 1.807) is 0 Å². The van der Waals surface area contributed by atoms with Crippen molar-refractivity contribution < 1.29 is 5.32 Å². The van der Waals surface area contributed by atoms with E-state index in [1.807, 2.05) is 0 Å². The van der Waals surface area contributed by atoms with Crippen LogP contribution >= 0.6 is 0 Å². The number of piperidine rings is 1. The summed E-state index contributed by atoms with van der Waals surface area (Å²) in [5.74, 6) is 1.36. The van der Waals surface area contributed by atoms with Crippen molar-refractivity contribution in [2.75, 3.05) is 13.6 Å². The molecule has 94 valence electrons. The van der Waals surface area contributed by atoms with E-state index in [-0.39, 0.29) is 0 Å². The Morgan fingerprint density at radius 1 is 1.38 bits per heavy atom. The summed E-state index contributed by atoms with van der Waals surface area (Å²) in [4.78, 5) is 2.53. The van der Waals surface area contributed by atoms with E-state index in [2.05, 4.69) is 31.1 Å². The van der Waals surface area contributed by atoms with Crippen LogP contribution in [0.3, 0.4) is 0 Å². The Balaban J connectivity index is 2.15. The minimum absolute atomic E-state index is 0.403. The van der Waals surface area contributed by atoms with Gasteiger partial charge in [0, 0.05) is 24.4 Å². The molecule has 0 aromatic rings. The summed E-state index contributed by atoms with van der Waals surface area (Å²) < 4.78 is 0. The van der Waals surface area contributed by atoms with Crippen LogP contribution in [0.4, 0.5) is 0 Å². The number of hydrogen-bond acceptors (Lipinski definition) is 2. The lowest BCUT2D eigenvalue weighted by molar-refractivity contribution is -0.761. The van der Waals surface area contributed by atoms with E-state index in [4.69, 9.17) is 5.73 Å². The number of hydrogen-bond donors (Lipinski definition) is 2. The van der Waals surface area contributed by atoms with Crippen LogP contribution in [-0.2, 0) is 0 Å². The summed E-state index contributed by atoms with van der Waals surface area (Å²) in [5.41, 5.74) is 6.48. The first kappa shape index (κ1) is 12.3. The van der Waals surface area contributed by atoms with Crippen molar-refractivity contribution in [3.63, 3.8) is 0 Å². The van der Waals surface area contributed by atoms with Gasteiger partial charge in [-0.15, -0.1) is 0 Å². The van der Waals surface area contributed by atoms with Crippen LogP contribution in [-0.4, -0.2) is 36.7 Å². The largest absolute Gasteiger partial charge is 0.328 e. The van der Waals surface area contributed by atoms with Crippen molar-refractivity contribution in [3.05, 3.63) is 0 Å². The molecule has 4 N–H and O–H groups in total. The second-order valence-electron chi connectivity index (χ2n) is 5.83. The predicted octanol–water partition coefficient (Wildman–Crippen LogP) is 0.363. The monoisotopic (exact) mass is 226 g/mol. The number of fused-ring (bicyclic) bond motifs is 1. The number of nitrogens with zero attached hydrogens (tertiary/aromatic N) is 1. The summed E-state index contributed by atoms with van der Waals surface area (Å²) in [5, 5.41) is 2.60. The molecule has 0 aromatic heterocycles. The summed E-state index contributed by atoms with van der Waals surface area (Å²) in [6, 6.07) is 1.12. The van der Waals surface area contributed by atoms with Gasteiger partial charge in [-0.05, 0) is 26.3 Å². The molecule has 2 aliphatic rings. The fourth-order valence-corrected chi connectivity index (χ4v) is 3.71. The van der Waals surface area contributed by atoms with Gasteiger partial charge in [0.15, 0.2) is 0 Å². The smallest absolute Gasteiger partial charge is 0.146 e. The first-order valence-corrected chi connectivity index (χ1v) is 6.96. The lowest BCUT2D eigenvalue weighted by Gasteiger charge is -2.44. The fraction of sp³-hybridized carbons (Fsp3) is 1.00. The molecule has 2 rings (SSSR count). The third-order valence-corrected chi connectivity index (χ3v) is 4.94. The molecule has 2 heterocycles. The minimum atomic E-state index is 0.403. The van der Waals surface area contributed by atoms with Crippen LogP contribution in [0.1, 0.15) is 39.5 Å². The van der Waals surface area contributed by atoms with Crippen LogP contribution in [0.25, 0.3) is 0 Å². The molecule has 0 radical (unpaired) electrons. The summed E-state index contributed by atoms with van der Waals surface area (Å²) in [7, 11) is 2.27. The topological polar surface area (TPSA) is 45.9 Å². The highest BCUT2D eigenvalue weighted by Crippen LogP contribution is 2.28. The molecule has 2 fully saturated rings. The molecule has 0 aliphatic carbocycles. The maximum atomic E-state index is 6.48. The molecule has 0 amide bonds. The highest BCUT2D eigenvalue weighted by atomic mass is 15.3. The van der Waals surface area contributed by atoms with E-state index >= 15 is 0 Å². The van der Waals surface area contributed by atoms with Gasteiger partial charge in [-0.25, -0.2) is 0 Å². The third kappa shape index (κ3) is 2.13. The van der Waals surface area contributed by atoms with E-state index in [9.17, 15) is 0 Å². The Kier molecular flexibility index (Phi) is 3.88. The summed E-state index contributed by atoms with van der Waals surface area (Å²) >= 11 is 0. The first-order chi connectivity index (χ1) is 7.65. The zero-order chi connectivity index (χ0) is 11.7. The Bertz CT molecular complexity index is 231. The Hall–Kier alpha value is -0.120. The summed E-state index contributed by atoms with van der Waals surface area (Å²) in [6.45, 7) is 5.88. The van der Waals surface area contributed by atoms with Crippen LogP contribution < -0.4 is 11.1 Å². The Labute approximate surface area is 99.8 Å². The molecule has 2 aliphatic heterocycles. The number of quaternary nitrogens is 1. The lowest BCUT2D eigenvalue weighted by atomic mass is 9.76. The Morgan fingerprint density at radius 2 is 2.12 bits per heavy atom. The average molecular weight is 226 g/mol. The molecule has 0 saturated carbocycles. The van der Waals surface area contributed by atoms with Gasteiger partial charge in [0.25, 0.3) is 0 Å². The highest BCUT2D eigenvalue weighted by molar-refractivity contribution is 4.90. The van der Waals surface area contributed by atoms with E-state index in [1.165, 1.54) is 32.2 Å². The van der Waals surface area contributed by atoms with Gasteiger partial charge >= 0.3 is 0 Å². The maximum Gasteiger partial charge on any atom is 0.146 e. The van der Waals surface area contributed by atoms with Gasteiger partial charge in [-0.2, -0.15) is 0 Å². The fourth-order valence-electron chi connectivity index (χ4n) is 3.71. The van der Waals surface area contributed by atoms with E-state index in [0.717, 1.165) is 6.04 Å². The lowest BCUT2D eigenvalue weighted by Crippen LogP contribution is -3.03. The van der Waals surface area contributed by atoms with E-state index in [0.29, 0.717) is 24.0 Å². The standard InChI is InChI=1S/C13H27N3/c1-4-11-9(2)12(14)10-7-5-6-8-16(3)13(10)15-11/h9-13,15H,4-8,14H2,1-3H3/p+1. The van der Waals surface area contributed by atoms with Gasteiger partial charge in [-0.1, -0.05) is 20.3 Å². The molecule has 5 atom stereocenters. The zero-order valence-corrected chi connectivity index (χ0v) is 11.0. The quantitative estimate of drug-likeness (QED) is 0.678. The van der Waals surface area contributed by atoms with Gasteiger partial charge in [0.2, 0.25) is 0 Å². The van der Waals surface area contributed by atoms with E-state index < -0.39 is 0 Å². The highest BCUT2D eigenvalue weighted by Gasteiger charge is 2.45.